The fraction of sp³-hybridized carbons (Fsp3) is 0.389. The van der Waals surface area contributed by atoms with E-state index in [1.165, 1.54) is 11.9 Å². The Hall–Kier alpha value is -2.47. The Bertz CT molecular complexity index is 695. The summed E-state index contributed by atoms with van der Waals surface area (Å²) in [5, 5.41) is 6.03. The Balaban J connectivity index is 2.17. The van der Waals surface area contributed by atoms with Crippen LogP contribution >= 0.6 is 0 Å². The number of carbonyl (C=O) groups excluding carboxylic acids is 1. The minimum absolute atomic E-state index is 0.00299. The second-order valence-corrected chi connectivity index (χ2v) is 6.46. The molecule has 1 aromatic heterocycles. The largest absolute Gasteiger partial charge is 0.383 e. The summed E-state index contributed by atoms with van der Waals surface area (Å²) < 4.78 is 4.92. The van der Waals surface area contributed by atoms with Crippen LogP contribution in [0.25, 0.3) is 0 Å². The minimum atomic E-state index is -0.249. The number of para-hydroxylation sites is 1. The van der Waals surface area contributed by atoms with Crippen LogP contribution in [0.4, 0.5) is 11.5 Å². The van der Waals surface area contributed by atoms with Crippen molar-refractivity contribution >= 4 is 17.4 Å². The van der Waals surface area contributed by atoms with E-state index in [1.54, 1.807) is 13.2 Å². The molecule has 2 aromatic rings. The lowest BCUT2D eigenvalue weighted by Gasteiger charge is -2.23. The van der Waals surface area contributed by atoms with Gasteiger partial charge in [0, 0.05) is 25.4 Å². The Morgan fingerprint density at radius 1 is 1.21 bits per heavy atom. The standard InChI is InChI=1S/C18H24N4O2/c1-18(2,3)13-7-5-6-8-14(13)22-16-11-15(20-12-21-16)17(23)19-9-10-24-4/h5-8,11-12H,9-10H2,1-4H3,(H,19,23)(H,20,21,22). The first-order valence-electron chi connectivity index (χ1n) is 7.87. The van der Waals surface area contributed by atoms with Crippen LogP contribution in [-0.4, -0.2) is 36.1 Å². The fourth-order valence-corrected chi connectivity index (χ4v) is 2.29. The van der Waals surface area contributed by atoms with E-state index in [4.69, 9.17) is 4.74 Å². The molecule has 0 radical (unpaired) electrons. The highest BCUT2D eigenvalue weighted by molar-refractivity contribution is 5.93. The predicted octanol–water partition coefficient (Wildman–Crippen LogP) is 2.89. The van der Waals surface area contributed by atoms with Gasteiger partial charge in [-0.3, -0.25) is 4.79 Å². The number of carbonyl (C=O) groups is 1. The van der Waals surface area contributed by atoms with Crippen LogP contribution < -0.4 is 10.6 Å². The number of nitrogens with one attached hydrogen (secondary N) is 2. The molecule has 6 heteroatoms. The zero-order valence-electron chi connectivity index (χ0n) is 14.6. The molecule has 6 nitrogen and oxygen atoms in total. The number of benzene rings is 1. The van der Waals surface area contributed by atoms with Gasteiger partial charge in [-0.05, 0) is 17.0 Å². The molecule has 0 unspecified atom stereocenters. The summed E-state index contributed by atoms with van der Waals surface area (Å²) in [6.45, 7) is 7.36. The van der Waals surface area contributed by atoms with Crippen molar-refractivity contribution in [2.24, 2.45) is 0 Å². The van der Waals surface area contributed by atoms with Gasteiger partial charge in [-0.1, -0.05) is 39.0 Å². The van der Waals surface area contributed by atoms with Gasteiger partial charge in [0.1, 0.15) is 17.8 Å². The highest BCUT2D eigenvalue weighted by Crippen LogP contribution is 2.30. The molecule has 1 aromatic carbocycles. The summed E-state index contributed by atoms with van der Waals surface area (Å²) in [4.78, 5) is 20.3. The lowest BCUT2D eigenvalue weighted by molar-refractivity contribution is 0.0932. The van der Waals surface area contributed by atoms with E-state index < -0.39 is 0 Å². The quantitative estimate of drug-likeness (QED) is 0.798. The molecule has 0 fully saturated rings. The average Bonchev–Trinajstić information content (AvgIpc) is 2.55. The second kappa shape index (κ2) is 7.88. The molecule has 2 N–H and O–H groups in total. The van der Waals surface area contributed by atoms with Crippen molar-refractivity contribution < 1.29 is 9.53 Å². The van der Waals surface area contributed by atoms with Gasteiger partial charge in [0.15, 0.2) is 0 Å². The van der Waals surface area contributed by atoms with Crippen LogP contribution in [0.1, 0.15) is 36.8 Å². The van der Waals surface area contributed by atoms with Crippen LogP contribution in [0.5, 0.6) is 0 Å². The molecule has 1 amide bonds. The van der Waals surface area contributed by atoms with Gasteiger partial charge < -0.3 is 15.4 Å². The van der Waals surface area contributed by atoms with Crippen molar-refractivity contribution in [1.29, 1.82) is 0 Å². The van der Waals surface area contributed by atoms with Crippen LogP contribution in [0.15, 0.2) is 36.7 Å². The van der Waals surface area contributed by atoms with E-state index in [1.807, 2.05) is 18.2 Å². The number of ether oxygens (including phenoxy) is 1. The molecule has 0 saturated heterocycles. The van der Waals surface area contributed by atoms with Gasteiger partial charge in [0.2, 0.25) is 0 Å². The van der Waals surface area contributed by atoms with Crippen LogP contribution in [0.2, 0.25) is 0 Å². The number of aromatic nitrogens is 2. The zero-order valence-corrected chi connectivity index (χ0v) is 14.6. The summed E-state index contributed by atoms with van der Waals surface area (Å²) in [6, 6.07) is 9.71. The highest BCUT2D eigenvalue weighted by Gasteiger charge is 2.18. The van der Waals surface area contributed by atoms with Crippen molar-refractivity contribution in [2.45, 2.75) is 26.2 Å². The second-order valence-electron chi connectivity index (χ2n) is 6.46. The fourth-order valence-electron chi connectivity index (χ4n) is 2.29. The number of methoxy groups -OCH3 is 1. The molecule has 0 aliphatic carbocycles. The first-order chi connectivity index (χ1) is 11.4. The SMILES string of the molecule is COCCNC(=O)c1cc(Nc2ccccc2C(C)(C)C)ncn1. The molecule has 0 spiro atoms. The van der Waals surface area contributed by atoms with Gasteiger partial charge in [0.25, 0.3) is 5.91 Å². The number of hydrogen-bond donors (Lipinski definition) is 2. The van der Waals surface area contributed by atoms with Gasteiger partial charge in [-0.2, -0.15) is 0 Å². The normalized spacial score (nSPS) is 11.2. The third-order valence-corrected chi connectivity index (χ3v) is 3.49. The number of rotatable bonds is 6. The van der Waals surface area contributed by atoms with E-state index in [0.717, 1.165) is 5.69 Å². The Labute approximate surface area is 142 Å². The van der Waals surface area contributed by atoms with Gasteiger partial charge in [-0.25, -0.2) is 9.97 Å². The minimum Gasteiger partial charge on any atom is -0.383 e. The Kier molecular flexibility index (Phi) is 5.87. The lowest BCUT2D eigenvalue weighted by atomic mass is 9.86. The Morgan fingerprint density at radius 3 is 2.67 bits per heavy atom. The number of hydrogen-bond acceptors (Lipinski definition) is 5. The van der Waals surface area contributed by atoms with Crippen LogP contribution in [-0.2, 0) is 10.2 Å². The molecule has 2 rings (SSSR count). The van der Waals surface area contributed by atoms with Crippen molar-refractivity contribution in [3.63, 3.8) is 0 Å². The topological polar surface area (TPSA) is 76.1 Å². The predicted molar refractivity (Wildman–Crippen MR) is 94.7 cm³/mol. The molecular weight excluding hydrogens is 304 g/mol. The van der Waals surface area contributed by atoms with E-state index in [9.17, 15) is 4.79 Å². The summed E-state index contributed by atoms with van der Waals surface area (Å²) in [7, 11) is 1.59. The number of nitrogens with zero attached hydrogens (tertiary/aromatic N) is 2. The maximum atomic E-state index is 12.1. The molecule has 0 saturated carbocycles. The molecule has 24 heavy (non-hydrogen) atoms. The molecule has 0 atom stereocenters. The van der Waals surface area contributed by atoms with Crippen LogP contribution in [0.3, 0.4) is 0 Å². The molecule has 1 heterocycles. The van der Waals surface area contributed by atoms with Crippen molar-refractivity contribution in [3.05, 3.63) is 47.9 Å². The van der Waals surface area contributed by atoms with E-state index >= 15 is 0 Å². The summed E-state index contributed by atoms with van der Waals surface area (Å²) in [5.41, 5.74) is 2.46. The summed E-state index contributed by atoms with van der Waals surface area (Å²) in [6.07, 6.45) is 1.38. The van der Waals surface area contributed by atoms with Gasteiger partial charge >= 0.3 is 0 Å². The highest BCUT2D eigenvalue weighted by atomic mass is 16.5. The molecule has 0 aliphatic heterocycles. The maximum absolute atomic E-state index is 12.1. The van der Waals surface area contributed by atoms with Gasteiger partial charge in [-0.15, -0.1) is 0 Å². The van der Waals surface area contributed by atoms with Crippen molar-refractivity contribution in [1.82, 2.24) is 15.3 Å². The molecule has 0 bridgehead atoms. The maximum Gasteiger partial charge on any atom is 0.270 e. The van der Waals surface area contributed by atoms with Gasteiger partial charge in [0.05, 0.1) is 6.61 Å². The average molecular weight is 328 g/mol. The first kappa shape index (κ1) is 17.9. The number of anilines is 2. The monoisotopic (exact) mass is 328 g/mol. The third-order valence-electron chi connectivity index (χ3n) is 3.49. The Morgan fingerprint density at radius 2 is 1.96 bits per heavy atom. The molecule has 128 valence electrons. The lowest BCUT2D eigenvalue weighted by Crippen LogP contribution is -2.27. The third kappa shape index (κ3) is 4.76. The zero-order chi connectivity index (χ0) is 17.6. The van der Waals surface area contributed by atoms with E-state index in [2.05, 4.69) is 47.4 Å². The summed E-state index contributed by atoms with van der Waals surface area (Å²) in [5.74, 6) is 0.334. The number of amides is 1. The van der Waals surface area contributed by atoms with Crippen LogP contribution in [0, 0.1) is 0 Å². The van der Waals surface area contributed by atoms with Crippen molar-refractivity contribution in [2.75, 3.05) is 25.6 Å². The summed E-state index contributed by atoms with van der Waals surface area (Å²) >= 11 is 0. The van der Waals surface area contributed by atoms with E-state index in [0.29, 0.717) is 24.7 Å². The molecular formula is C18H24N4O2. The van der Waals surface area contributed by atoms with E-state index in [-0.39, 0.29) is 11.3 Å². The molecule has 0 aliphatic rings. The smallest absolute Gasteiger partial charge is 0.270 e. The first-order valence-corrected chi connectivity index (χ1v) is 7.87. The van der Waals surface area contributed by atoms with Crippen molar-refractivity contribution in [3.8, 4) is 0 Å².